The number of aromatic amines is 1. The number of anilines is 1. The molecule has 1 aliphatic carbocycles. The predicted octanol–water partition coefficient (Wildman–Crippen LogP) is 3.35. The van der Waals surface area contributed by atoms with Crippen LogP contribution < -0.4 is 5.32 Å². The van der Waals surface area contributed by atoms with E-state index in [4.69, 9.17) is 11.6 Å². The Hall–Kier alpha value is -2.34. The van der Waals surface area contributed by atoms with Crippen molar-refractivity contribution in [1.82, 2.24) is 25.2 Å². The first-order valence-electron chi connectivity index (χ1n) is 7.64. The zero-order valence-electron chi connectivity index (χ0n) is 12.8. The van der Waals surface area contributed by atoms with Crippen molar-refractivity contribution < 1.29 is 0 Å². The second-order valence-electron chi connectivity index (χ2n) is 5.89. The van der Waals surface area contributed by atoms with Gasteiger partial charge in [0.15, 0.2) is 5.15 Å². The molecule has 118 valence electrons. The third kappa shape index (κ3) is 2.94. The topological polar surface area (TPSA) is 71.4 Å². The number of aryl methyl sites for hydroxylation is 1. The minimum absolute atomic E-state index is 0.560. The number of H-pyrrole nitrogens is 1. The van der Waals surface area contributed by atoms with Crippen molar-refractivity contribution in [3.8, 4) is 11.3 Å². The summed E-state index contributed by atoms with van der Waals surface area (Å²) in [6.07, 6.45) is 4.33. The summed E-state index contributed by atoms with van der Waals surface area (Å²) in [6.45, 7) is 0.658. The molecule has 0 radical (unpaired) electrons. The van der Waals surface area contributed by atoms with Crippen molar-refractivity contribution in [2.45, 2.75) is 25.3 Å². The van der Waals surface area contributed by atoms with Crippen LogP contribution in [0.1, 0.15) is 30.0 Å². The van der Waals surface area contributed by atoms with E-state index in [9.17, 15) is 0 Å². The van der Waals surface area contributed by atoms with Gasteiger partial charge in [0.1, 0.15) is 5.69 Å². The van der Waals surface area contributed by atoms with Crippen molar-refractivity contribution in [1.29, 1.82) is 0 Å². The second-order valence-corrected chi connectivity index (χ2v) is 6.25. The summed E-state index contributed by atoms with van der Waals surface area (Å²) < 4.78 is 1.70. The van der Waals surface area contributed by atoms with Gasteiger partial charge in [0.25, 0.3) is 0 Å². The summed E-state index contributed by atoms with van der Waals surface area (Å²) in [6, 6.07) is 8.13. The minimum Gasteiger partial charge on any atom is -0.381 e. The first kappa shape index (κ1) is 14.3. The number of hydrogen-bond donors (Lipinski definition) is 2. The van der Waals surface area contributed by atoms with Crippen molar-refractivity contribution in [3.05, 3.63) is 46.9 Å². The Bertz CT molecular complexity index is 833. The zero-order valence-corrected chi connectivity index (χ0v) is 13.5. The van der Waals surface area contributed by atoms with Gasteiger partial charge in [0.2, 0.25) is 0 Å². The number of benzene rings is 1. The van der Waals surface area contributed by atoms with Gasteiger partial charge in [-0.05, 0) is 25.0 Å². The van der Waals surface area contributed by atoms with E-state index in [1.807, 2.05) is 31.4 Å². The average Bonchev–Trinajstić information content (AvgIpc) is 3.20. The van der Waals surface area contributed by atoms with Crippen molar-refractivity contribution >= 4 is 17.3 Å². The molecule has 4 rings (SSSR count). The number of nitrogens with zero attached hydrogens (tertiary/aromatic N) is 4. The molecule has 0 amide bonds. The average molecular weight is 329 g/mol. The van der Waals surface area contributed by atoms with E-state index in [0.29, 0.717) is 17.6 Å². The Kier molecular flexibility index (Phi) is 3.53. The first-order valence-corrected chi connectivity index (χ1v) is 8.02. The molecular formula is C16H17ClN6. The lowest BCUT2D eigenvalue weighted by Gasteiger charge is -2.08. The highest BCUT2D eigenvalue weighted by atomic mass is 35.5. The Morgan fingerprint density at radius 2 is 2.26 bits per heavy atom. The highest BCUT2D eigenvalue weighted by Crippen LogP contribution is 2.42. The van der Waals surface area contributed by atoms with Crippen LogP contribution in [0.2, 0.25) is 5.15 Å². The summed E-state index contributed by atoms with van der Waals surface area (Å²) >= 11 is 6.21. The van der Waals surface area contributed by atoms with Gasteiger partial charge in [0, 0.05) is 42.0 Å². The molecule has 3 aromatic rings. The molecule has 0 aliphatic heterocycles. The van der Waals surface area contributed by atoms with Crippen molar-refractivity contribution in [2.75, 3.05) is 5.32 Å². The summed E-state index contributed by atoms with van der Waals surface area (Å²) in [7, 11) is 1.86. The van der Waals surface area contributed by atoms with Gasteiger partial charge in [0.05, 0.1) is 6.20 Å². The Labute approximate surface area is 138 Å². The van der Waals surface area contributed by atoms with Gasteiger partial charge in [-0.1, -0.05) is 28.9 Å². The van der Waals surface area contributed by atoms with E-state index in [1.165, 1.54) is 18.5 Å². The molecule has 0 atom stereocenters. The van der Waals surface area contributed by atoms with E-state index in [1.54, 1.807) is 4.68 Å². The molecule has 7 heteroatoms. The number of hydrogen-bond acceptors (Lipinski definition) is 4. The normalized spacial score (nSPS) is 14.2. The standard InChI is InChI=1S/C16H17ClN6/c1-23-9-14(19-22-23)11-3-2-4-12(7-11)18-8-13-15(10-5-6-10)20-21-16(13)17/h2-4,7,9-10,18H,5-6,8H2,1H3,(H,20,21). The molecule has 0 spiro atoms. The lowest BCUT2D eigenvalue weighted by atomic mass is 10.1. The summed E-state index contributed by atoms with van der Waals surface area (Å²) in [5.41, 5.74) is 5.15. The fourth-order valence-corrected chi connectivity index (χ4v) is 2.90. The largest absolute Gasteiger partial charge is 0.381 e. The smallest absolute Gasteiger partial charge is 0.156 e. The molecule has 2 heterocycles. The molecule has 0 saturated heterocycles. The van der Waals surface area contributed by atoms with Gasteiger partial charge < -0.3 is 5.32 Å². The van der Waals surface area contributed by atoms with Crippen molar-refractivity contribution in [2.24, 2.45) is 7.05 Å². The molecule has 1 aromatic carbocycles. The van der Waals surface area contributed by atoms with E-state index < -0.39 is 0 Å². The number of aromatic nitrogens is 5. The monoisotopic (exact) mass is 328 g/mol. The molecular weight excluding hydrogens is 312 g/mol. The Balaban J connectivity index is 1.52. The van der Waals surface area contributed by atoms with E-state index >= 15 is 0 Å². The molecule has 1 fully saturated rings. The predicted molar refractivity (Wildman–Crippen MR) is 89.3 cm³/mol. The quantitative estimate of drug-likeness (QED) is 0.753. The Morgan fingerprint density at radius 3 is 3.00 bits per heavy atom. The highest BCUT2D eigenvalue weighted by Gasteiger charge is 2.29. The first-order chi connectivity index (χ1) is 11.2. The molecule has 0 bridgehead atoms. The SMILES string of the molecule is Cn1cc(-c2cccc(NCc3c(Cl)n[nH]c3C3CC3)c2)nn1. The minimum atomic E-state index is 0.560. The van der Waals surface area contributed by atoms with Gasteiger partial charge in [-0.2, -0.15) is 5.10 Å². The zero-order chi connectivity index (χ0) is 15.8. The van der Waals surface area contributed by atoms with Crippen molar-refractivity contribution in [3.63, 3.8) is 0 Å². The number of nitrogens with one attached hydrogen (secondary N) is 2. The van der Waals surface area contributed by atoms with E-state index in [2.05, 4.69) is 31.9 Å². The number of halogens is 1. The van der Waals surface area contributed by atoms with Crippen LogP contribution in [0.4, 0.5) is 5.69 Å². The van der Waals surface area contributed by atoms with Crippen LogP contribution in [0.15, 0.2) is 30.5 Å². The molecule has 0 unspecified atom stereocenters. The molecule has 1 saturated carbocycles. The number of rotatable bonds is 5. The van der Waals surface area contributed by atoms with Gasteiger partial charge in [-0.15, -0.1) is 5.10 Å². The summed E-state index contributed by atoms with van der Waals surface area (Å²) in [5, 5.41) is 19.3. The highest BCUT2D eigenvalue weighted by molar-refractivity contribution is 6.30. The van der Waals surface area contributed by atoms with Crippen LogP contribution in [0.25, 0.3) is 11.3 Å². The molecule has 23 heavy (non-hydrogen) atoms. The third-order valence-corrected chi connectivity index (χ3v) is 4.38. The molecule has 2 aromatic heterocycles. The van der Waals surface area contributed by atoms with E-state index in [-0.39, 0.29) is 0 Å². The van der Waals surface area contributed by atoms with Crippen LogP contribution in [0.5, 0.6) is 0 Å². The fraction of sp³-hybridized carbons (Fsp3) is 0.312. The second kappa shape index (κ2) is 5.70. The molecule has 1 aliphatic rings. The summed E-state index contributed by atoms with van der Waals surface area (Å²) in [4.78, 5) is 0. The Morgan fingerprint density at radius 1 is 1.39 bits per heavy atom. The lowest BCUT2D eigenvalue weighted by Crippen LogP contribution is -2.01. The molecule has 6 nitrogen and oxygen atoms in total. The van der Waals surface area contributed by atoms with Crippen LogP contribution in [-0.2, 0) is 13.6 Å². The summed E-state index contributed by atoms with van der Waals surface area (Å²) in [5.74, 6) is 0.595. The third-order valence-electron chi connectivity index (χ3n) is 4.06. The maximum atomic E-state index is 6.21. The maximum absolute atomic E-state index is 6.21. The van der Waals surface area contributed by atoms with Crippen LogP contribution in [0, 0.1) is 0 Å². The lowest BCUT2D eigenvalue weighted by molar-refractivity contribution is 0.715. The molecule has 2 N–H and O–H groups in total. The van der Waals surface area contributed by atoms with Crippen LogP contribution in [0.3, 0.4) is 0 Å². The van der Waals surface area contributed by atoms with Gasteiger partial charge >= 0.3 is 0 Å². The van der Waals surface area contributed by atoms with E-state index in [0.717, 1.165) is 22.5 Å². The van der Waals surface area contributed by atoms with Gasteiger partial charge in [-0.3, -0.25) is 9.78 Å². The fourth-order valence-electron chi connectivity index (χ4n) is 2.69. The van der Waals surface area contributed by atoms with Crippen LogP contribution in [-0.4, -0.2) is 25.2 Å². The maximum Gasteiger partial charge on any atom is 0.156 e. The van der Waals surface area contributed by atoms with Gasteiger partial charge in [-0.25, -0.2) is 0 Å². The van der Waals surface area contributed by atoms with Crippen LogP contribution >= 0.6 is 11.6 Å².